The SMILES string of the molecule is CC(=O)c1cccc(NC(=O)CSc2nnc(Cc3cccs3)n2-c2ccccc2)c1. The van der Waals surface area contributed by atoms with E-state index >= 15 is 0 Å². The van der Waals surface area contributed by atoms with Crippen molar-refractivity contribution in [1.82, 2.24) is 14.8 Å². The summed E-state index contributed by atoms with van der Waals surface area (Å²) < 4.78 is 1.99. The second-order valence-corrected chi connectivity index (χ2v) is 8.77. The number of rotatable bonds is 8. The summed E-state index contributed by atoms with van der Waals surface area (Å²) in [6, 6.07) is 20.9. The Hall–Kier alpha value is -3.23. The van der Waals surface area contributed by atoms with Gasteiger partial charge in [-0.05, 0) is 42.6 Å². The van der Waals surface area contributed by atoms with E-state index < -0.39 is 0 Å². The van der Waals surface area contributed by atoms with E-state index in [4.69, 9.17) is 0 Å². The Kier molecular flexibility index (Phi) is 6.59. The summed E-state index contributed by atoms with van der Waals surface area (Å²) in [5.74, 6) is 0.785. The number of Topliss-reactive ketones (excluding diaryl/α,β-unsaturated/α-hetero) is 1. The molecule has 0 saturated carbocycles. The number of nitrogens with one attached hydrogen (secondary N) is 1. The Labute approximate surface area is 188 Å². The molecule has 0 saturated heterocycles. The Morgan fingerprint density at radius 3 is 2.61 bits per heavy atom. The molecule has 1 N–H and O–H groups in total. The van der Waals surface area contributed by atoms with Crippen molar-refractivity contribution in [1.29, 1.82) is 0 Å². The zero-order valence-corrected chi connectivity index (χ0v) is 18.5. The summed E-state index contributed by atoms with van der Waals surface area (Å²) in [5.41, 5.74) is 2.12. The summed E-state index contributed by atoms with van der Waals surface area (Å²) in [5, 5.41) is 14.3. The standard InChI is InChI=1S/C23H20N4O2S2/c1-16(28)17-7-5-8-18(13-17)24-22(29)15-31-23-26-25-21(14-20-11-6-12-30-20)27(23)19-9-3-2-4-10-19/h2-13H,14-15H2,1H3,(H,24,29). The molecule has 2 aromatic heterocycles. The number of amides is 1. The van der Waals surface area contributed by atoms with Gasteiger partial charge in [0, 0.05) is 28.2 Å². The maximum absolute atomic E-state index is 12.5. The molecule has 0 aliphatic rings. The first-order valence-electron chi connectivity index (χ1n) is 9.66. The minimum absolute atomic E-state index is 0.0419. The predicted octanol–water partition coefficient (Wildman–Crippen LogP) is 4.85. The smallest absolute Gasteiger partial charge is 0.234 e. The summed E-state index contributed by atoms with van der Waals surface area (Å²) in [4.78, 5) is 25.3. The zero-order valence-electron chi connectivity index (χ0n) is 16.8. The molecule has 2 aromatic carbocycles. The summed E-state index contributed by atoms with van der Waals surface area (Å²) in [6.45, 7) is 1.50. The van der Waals surface area contributed by atoms with Crippen molar-refractivity contribution in [3.63, 3.8) is 0 Å². The Balaban J connectivity index is 1.50. The van der Waals surface area contributed by atoms with Gasteiger partial charge in [0.2, 0.25) is 5.91 Å². The van der Waals surface area contributed by atoms with Gasteiger partial charge in [0.25, 0.3) is 0 Å². The number of hydrogen-bond donors (Lipinski definition) is 1. The molecule has 0 unspecified atom stereocenters. The molecule has 1 amide bonds. The van der Waals surface area contributed by atoms with Crippen LogP contribution in [0.5, 0.6) is 0 Å². The molecule has 0 radical (unpaired) electrons. The average Bonchev–Trinajstić information content (AvgIpc) is 3.43. The van der Waals surface area contributed by atoms with Crippen LogP contribution in [-0.4, -0.2) is 32.2 Å². The van der Waals surface area contributed by atoms with Gasteiger partial charge in [0.05, 0.1) is 5.75 Å². The number of carbonyl (C=O) groups is 2. The maximum atomic E-state index is 12.5. The quantitative estimate of drug-likeness (QED) is 0.308. The predicted molar refractivity (Wildman–Crippen MR) is 124 cm³/mol. The molecule has 156 valence electrons. The highest BCUT2D eigenvalue weighted by Gasteiger charge is 2.16. The van der Waals surface area contributed by atoms with Crippen molar-refractivity contribution in [3.05, 3.63) is 88.4 Å². The lowest BCUT2D eigenvalue weighted by molar-refractivity contribution is -0.113. The lowest BCUT2D eigenvalue weighted by atomic mass is 10.1. The third-order valence-electron chi connectivity index (χ3n) is 4.51. The normalized spacial score (nSPS) is 10.7. The number of benzene rings is 2. The number of hydrogen-bond acceptors (Lipinski definition) is 6. The summed E-state index contributed by atoms with van der Waals surface area (Å²) in [7, 11) is 0. The molecule has 0 aliphatic heterocycles. The van der Waals surface area contributed by atoms with Crippen LogP contribution in [0, 0.1) is 0 Å². The fourth-order valence-corrected chi connectivity index (χ4v) is 4.53. The largest absolute Gasteiger partial charge is 0.325 e. The molecule has 2 heterocycles. The van der Waals surface area contributed by atoms with Crippen molar-refractivity contribution < 1.29 is 9.59 Å². The molecule has 0 fully saturated rings. The Morgan fingerprint density at radius 1 is 1.03 bits per heavy atom. The summed E-state index contributed by atoms with van der Waals surface area (Å²) >= 11 is 3.00. The van der Waals surface area contributed by atoms with Crippen LogP contribution in [0.3, 0.4) is 0 Å². The molecule has 31 heavy (non-hydrogen) atoms. The number of thiophene rings is 1. The first-order chi connectivity index (χ1) is 15.1. The van der Waals surface area contributed by atoms with Crippen molar-refractivity contribution in [2.45, 2.75) is 18.5 Å². The van der Waals surface area contributed by atoms with E-state index in [2.05, 4.69) is 21.6 Å². The van der Waals surface area contributed by atoms with Crippen LogP contribution >= 0.6 is 23.1 Å². The monoisotopic (exact) mass is 448 g/mol. The fourth-order valence-electron chi connectivity index (χ4n) is 3.06. The Bertz CT molecular complexity index is 1190. The minimum Gasteiger partial charge on any atom is -0.325 e. The van der Waals surface area contributed by atoms with E-state index in [0.717, 1.165) is 11.5 Å². The van der Waals surface area contributed by atoms with Gasteiger partial charge in [-0.2, -0.15) is 0 Å². The summed E-state index contributed by atoms with van der Waals surface area (Å²) in [6.07, 6.45) is 0.671. The van der Waals surface area contributed by atoms with Gasteiger partial charge in [0.15, 0.2) is 10.9 Å². The highest BCUT2D eigenvalue weighted by Crippen LogP contribution is 2.24. The third-order valence-corrected chi connectivity index (χ3v) is 6.32. The second-order valence-electron chi connectivity index (χ2n) is 6.80. The van der Waals surface area contributed by atoms with E-state index in [1.165, 1.54) is 23.6 Å². The van der Waals surface area contributed by atoms with Gasteiger partial charge in [-0.25, -0.2) is 0 Å². The minimum atomic E-state index is -0.173. The Morgan fingerprint density at radius 2 is 1.87 bits per heavy atom. The second kappa shape index (κ2) is 9.72. The van der Waals surface area contributed by atoms with Gasteiger partial charge in [-0.3, -0.25) is 14.2 Å². The lowest BCUT2D eigenvalue weighted by Gasteiger charge is -2.10. The molecule has 4 rings (SSSR count). The van der Waals surface area contributed by atoms with Crippen molar-refractivity contribution in [3.8, 4) is 5.69 Å². The number of para-hydroxylation sites is 1. The molecule has 8 heteroatoms. The van der Waals surface area contributed by atoms with Crippen molar-refractivity contribution in [2.75, 3.05) is 11.1 Å². The maximum Gasteiger partial charge on any atom is 0.234 e. The first kappa shape index (κ1) is 21.0. The van der Waals surface area contributed by atoms with Gasteiger partial charge in [-0.15, -0.1) is 21.5 Å². The van der Waals surface area contributed by atoms with E-state index in [1.807, 2.05) is 46.3 Å². The number of ketones is 1. The zero-order chi connectivity index (χ0) is 21.6. The van der Waals surface area contributed by atoms with E-state index in [0.29, 0.717) is 22.8 Å². The number of thioether (sulfide) groups is 1. The lowest BCUT2D eigenvalue weighted by Crippen LogP contribution is -2.15. The number of carbonyl (C=O) groups excluding carboxylic acids is 2. The molecular formula is C23H20N4O2S2. The molecule has 4 aromatic rings. The van der Waals surface area contributed by atoms with E-state index in [1.54, 1.807) is 35.6 Å². The number of nitrogens with zero attached hydrogens (tertiary/aromatic N) is 3. The van der Waals surface area contributed by atoms with Gasteiger partial charge in [-0.1, -0.05) is 48.2 Å². The van der Waals surface area contributed by atoms with Gasteiger partial charge in [0.1, 0.15) is 5.82 Å². The topological polar surface area (TPSA) is 76.9 Å². The van der Waals surface area contributed by atoms with Crippen molar-refractivity contribution >= 4 is 40.5 Å². The van der Waals surface area contributed by atoms with Crippen LogP contribution in [0.15, 0.2) is 77.3 Å². The van der Waals surface area contributed by atoms with Gasteiger partial charge >= 0.3 is 0 Å². The van der Waals surface area contributed by atoms with Crippen molar-refractivity contribution in [2.24, 2.45) is 0 Å². The molecule has 0 atom stereocenters. The van der Waals surface area contributed by atoms with E-state index in [9.17, 15) is 9.59 Å². The van der Waals surface area contributed by atoms with Gasteiger partial charge < -0.3 is 5.32 Å². The number of aromatic nitrogens is 3. The van der Waals surface area contributed by atoms with Crippen LogP contribution in [0.1, 0.15) is 28.0 Å². The first-order valence-corrected chi connectivity index (χ1v) is 11.5. The van der Waals surface area contributed by atoms with Crippen LogP contribution < -0.4 is 5.32 Å². The average molecular weight is 449 g/mol. The molecular weight excluding hydrogens is 428 g/mol. The van der Waals surface area contributed by atoms with Crippen LogP contribution in [0.2, 0.25) is 0 Å². The van der Waals surface area contributed by atoms with Crippen LogP contribution in [0.4, 0.5) is 5.69 Å². The third kappa shape index (κ3) is 5.28. The highest BCUT2D eigenvalue weighted by molar-refractivity contribution is 7.99. The highest BCUT2D eigenvalue weighted by atomic mass is 32.2. The molecule has 6 nitrogen and oxygen atoms in total. The number of anilines is 1. The molecule has 0 spiro atoms. The van der Waals surface area contributed by atoms with Crippen LogP contribution in [0.25, 0.3) is 5.69 Å². The molecule has 0 bridgehead atoms. The molecule has 0 aliphatic carbocycles. The van der Waals surface area contributed by atoms with Crippen LogP contribution in [-0.2, 0) is 11.2 Å². The van der Waals surface area contributed by atoms with E-state index in [-0.39, 0.29) is 17.4 Å². The fraction of sp³-hybridized carbons (Fsp3) is 0.130.